The van der Waals surface area contributed by atoms with E-state index in [1.165, 1.54) is 0 Å². The minimum absolute atomic E-state index is 0.163. The van der Waals surface area contributed by atoms with Crippen molar-refractivity contribution in [2.45, 2.75) is 46.7 Å². The number of hydrogen-bond donors (Lipinski definition) is 0. The van der Waals surface area contributed by atoms with E-state index in [9.17, 15) is 4.39 Å². The van der Waals surface area contributed by atoms with Gasteiger partial charge in [-0.3, -0.25) is 0 Å². The summed E-state index contributed by atoms with van der Waals surface area (Å²) in [5.41, 5.74) is 1.15. The van der Waals surface area contributed by atoms with E-state index in [4.69, 9.17) is 0 Å². The summed E-state index contributed by atoms with van der Waals surface area (Å²) in [4.78, 5) is 0. The molecular formula is C10H19F. The predicted octanol–water partition coefficient (Wildman–Crippen LogP) is 3.73. The minimum Gasteiger partial charge on any atom is -0.243 e. The van der Waals surface area contributed by atoms with Gasteiger partial charge in [0.1, 0.15) is 6.17 Å². The highest BCUT2D eigenvalue weighted by Gasteiger charge is 2.10. The monoisotopic (exact) mass is 158 g/mol. The fraction of sp³-hybridized carbons (Fsp3) is 0.800. The smallest absolute Gasteiger partial charge is 0.121 e. The van der Waals surface area contributed by atoms with Crippen LogP contribution in [0, 0.1) is 5.92 Å². The highest BCUT2D eigenvalue weighted by atomic mass is 19.1. The van der Waals surface area contributed by atoms with Crippen LogP contribution in [0.15, 0.2) is 11.6 Å². The van der Waals surface area contributed by atoms with Gasteiger partial charge in [-0.1, -0.05) is 38.8 Å². The van der Waals surface area contributed by atoms with Gasteiger partial charge in [0.25, 0.3) is 0 Å². The Bertz CT molecular complexity index is 127. The molecule has 1 heteroatoms. The maximum atomic E-state index is 13.2. The number of halogens is 1. The zero-order valence-electron chi connectivity index (χ0n) is 8.02. The summed E-state index contributed by atoms with van der Waals surface area (Å²) in [5, 5.41) is 0. The van der Waals surface area contributed by atoms with Crippen LogP contribution in [0.1, 0.15) is 40.5 Å². The van der Waals surface area contributed by atoms with Gasteiger partial charge in [0.2, 0.25) is 0 Å². The van der Waals surface area contributed by atoms with E-state index in [0.29, 0.717) is 0 Å². The molecule has 0 saturated heterocycles. The summed E-state index contributed by atoms with van der Waals surface area (Å²) in [6, 6.07) is 0. The Morgan fingerprint density at radius 1 is 1.45 bits per heavy atom. The van der Waals surface area contributed by atoms with E-state index in [0.717, 1.165) is 18.4 Å². The molecule has 0 radical (unpaired) electrons. The average molecular weight is 158 g/mol. The van der Waals surface area contributed by atoms with Gasteiger partial charge in [-0.25, -0.2) is 4.39 Å². The molecule has 0 aromatic carbocycles. The van der Waals surface area contributed by atoms with Gasteiger partial charge in [-0.15, -0.1) is 0 Å². The summed E-state index contributed by atoms with van der Waals surface area (Å²) in [6.45, 7) is 8.00. The van der Waals surface area contributed by atoms with Crippen molar-refractivity contribution < 1.29 is 4.39 Å². The third-order valence-electron chi connectivity index (χ3n) is 2.19. The minimum atomic E-state index is -0.750. The Balaban J connectivity index is 3.93. The summed E-state index contributed by atoms with van der Waals surface area (Å²) in [7, 11) is 0. The van der Waals surface area contributed by atoms with Crippen LogP contribution in [0.25, 0.3) is 0 Å². The Labute approximate surface area is 69.5 Å². The van der Waals surface area contributed by atoms with E-state index >= 15 is 0 Å². The number of allylic oxidation sites excluding steroid dienone is 2. The third-order valence-corrected chi connectivity index (χ3v) is 2.19. The fourth-order valence-electron chi connectivity index (χ4n) is 0.779. The van der Waals surface area contributed by atoms with E-state index in [1.807, 2.05) is 20.8 Å². The SMILES string of the molecule is CC/C(C)=C\C(F)C(C)CC. The highest BCUT2D eigenvalue weighted by Crippen LogP contribution is 2.15. The molecule has 0 rings (SSSR count). The van der Waals surface area contributed by atoms with Crippen molar-refractivity contribution in [2.24, 2.45) is 5.92 Å². The molecule has 0 aliphatic carbocycles. The van der Waals surface area contributed by atoms with Gasteiger partial charge in [0.05, 0.1) is 0 Å². The molecule has 0 N–H and O–H groups in total. The Morgan fingerprint density at radius 3 is 2.36 bits per heavy atom. The first-order valence-corrected chi connectivity index (χ1v) is 4.43. The summed E-state index contributed by atoms with van der Waals surface area (Å²) >= 11 is 0. The van der Waals surface area contributed by atoms with Gasteiger partial charge in [-0.05, 0) is 19.3 Å². The van der Waals surface area contributed by atoms with E-state index in [2.05, 4.69) is 6.92 Å². The Kier molecular flexibility index (Phi) is 5.18. The van der Waals surface area contributed by atoms with E-state index in [1.54, 1.807) is 6.08 Å². The number of hydrogen-bond acceptors (Lipinski definition) is 0. The zero-order valence-corrected chi connectivity index (χ0v) is 8.02. The van der Waals surface area contributed by atoms with Crippen LogP contribution < -0.4 is 0 Å². The van der Waals surface area contributed by atoms with Crippen molar-refractivity contribution in [3.05, 3.63) is 11.6 Å². The van der Waals surface area contributed by atoms with Gasteiger partial charge >= 0.3 is 0 Å². The second-order valence-electron chi connectivity index (χ2n) is 3.20. The van der Waals surface area contributed by atoms with Crippen molar-refractivity contribution in [2.75, 3.05) is 0 Å². The van der Waals surface area contributed by atoms with Crippen molar-refractivity contribution >= 4 is 0 Å². The first kappa shape index (κ1) is 10.7. The normalized spacial score (nSPS) is 18.1. The average Bonchev–Trinajstić information content (AvgIpc) is 2.02. The lowest BCUT2D eigenvalue weighted by atomic mass is 10.0. The molecule has 0 amide bonds. The maximum absolute atomic E-state index is 13.2. The Hall–Kier alpha value is -0.330. The first-order chi connectivity index (χ1) is 5.11. The summed E-state index contributed by atoms with van der Waals surface area (Å²) < 4.78 is 13.2. The quantitative estimate of drug-likeness (QED) is 0.547. The number of alkyl halides is 1. The van der Waals surface area contributed by atoms with Crippen LogP contribution >= 0.6 is 0 Å². The fourth-order valence-corrected chi connectivity index (χ4v) is 0.779. The standard InChI is InChI=1S/C10H19F/c1-5-8(3)7-10(11)9(4)6-2/h7,9-10H,5-6H2,1-4H3/b8-7-. The molecule has 0 spiro atoms. The zero-order chi connectivity index (χ0) is 8.85. The molecule has 2 unspecified atom stereocenters. The van der Waals surface area contributed by atoms with Gasteiger partial charge in [0.15, 0.2) is 0 Å². The molecular weight excluding hydrogens is 139 g/mol. The van der Waals surface area contributed by atoms with Gasteiger partial charge in [0, 0.05) is 0 Å². The summed E-state index contributed by atoms with van der Waals surface area (Å²) in [6.07, 6.45) is 2.86. The van der Waals surface area contributed by atoms with Crippen LogP contribution in [0.4, 0.5) is 4.39 Å². The number of rotatable bonds is 4. The highest BCUT2D eigenvalue weighted by molar-refractivity contribution is 5.01. The van der Waals surface area contributed by atoms with E-state index in [-0.39, 0.29) is 5.92 Å². The molecule has 0 aliphatic heterocycles. The molecule has 0 heterocycles. The molecule has 0 aliphatic rings. The Morgan fingerprint density at radius 2 is 2.00 bits per heavy atom. The molecule has 2 atom stereocenters. The van der Waals surface area contributed by atoms with Crippen molar-refractivity contribution in [1.82, 2.24) is 0 Å². The van der Waals surface area contributed by atoms with Crippen LogP contribution in [-0.2, 0) is 0 Å². The molecule has 0 aromatic rings. The molecule has 0 aromatic heterocycles. The molecule has 11 heavy (non-hydrogen) atoms. The predicted molar refractivity (Wildman–Crippen MR) is 48.4 cm³/mol. The molecule has 66 valence electrons. The maximum Gasteiger partial charge on any atom is 0.121 e. The molecule has 0 nitrogen and oxygen atoms in total. The lowest BCUT2D eigenvalue weighted by Gasteiger charge is -2.11. The van der Waals surface area contributed by atoms with E-state index < -0.39 is 6.17 Å². The molecule has 0 fully saturated rings. The van der Waals surface area contributed by atoms with Gasteiger partial charge < -0.3 is 0 Å². The lowest BCUT2D eigenvalue weighted by Crippen LogP contribution is -2.08. The van der Waals surface area contributed by atoms with Crippen molar-refractivity contribution in [1.29, 1.82) is 0 Å². The largest absolute Gasteiger partial charge is 0.243 e. The van der Waals surface area contributed by atoms with Crippen molar-refractivity contribution in [3.8, 4) is 0 Å². The lowest BCUT2D eigenvalue weighted by molar-refractivity contribution is 0.289. The summed E-state index contributed by atoms with van der Waals surface area (Å²) in [5.74, 6) is 0.163. The molecule has 0 saturated carbocycles. The second kappa shape index (κ2) is 5.34. The van der Waals surface area contributed by atoms with Crippen molar-refractivity contribution in [3.63, 3.8) is 0 Å². The van der Waals surface area contributed by atoms with Crippen LogP contribution in [-0.4, -0.2) is 6.17 Å². The first-order valence-electron chi connectivity index (χ1n) is 4.43. The third kappa shape index (κ3) is 4.18. The second-order valence-corrected chi connectivity index (χ2v) is 3.20. The van der Waals surface area contributed by atoms with Crippen LogP contribution in [0.5, 0.6) is 0 Å². The van der Waals surface area contributed by atoms with Crippen LogP contribution in [0.2, 0.25) is 0 Å². The van der Waals surface area contributed by atoms with Crippen LogP contribution in [0.3, 0.4) is 0 Å². The molecule has 0 bridgehead atoms. The van der Waals surface area contributed by atoms with Gasteiger partial charge in [-0.2, -0.15) is 0 Å². The topological polar surface area (TPSA) is 0 Å².